The van der Waals surface area contributed by atoms with Gasteiger partial charge in [-0.3, -0.25) is 9.59 Å². The number of amides is 2. The van der Waals surface area contributed by atoms with Gasteiger partial charge in [0.15, 0.2) is 0 Å². The van der Waals surface area contributed by atoms with E-state index in [2.05, 4.69) is 10.6 Å². The first-order valence-corrected chi connectivity index (χ1v) is 5.69. The van der Waals surface area contributed by atoms with Crippen LogP contribution >= 0.6 is 0 Å². The van der Waals surface area contributed by atoms with Crippen LogP contribution in [0.15, 0.2) is 0 Å². The molecule has 0 aromatic heterocycles. The zero-order valence-corrected chi connectivity index (χ0v) is 9.34. The van der Waals surface area contributed by atoms with E-state index in [0.717, 1.165) is 0 Å². The molecule has 0 aromatic carbocycles. The Morgan fingerprint density at radius 1 is 1.13 bits per heavy atom. The fraction of sp³-hybridized carbons (Fsp3) is 0.818. The average Bonchev–Trinajstić information content (AvgIpc) is 2.64. The Balaban J connectivity index is 2.00. The van der Waals surface area contributed by atoms with Gasteiger partial charge in [0.25, 0.3) is 0 Å². The van der Waals surface area contributed by atoms with Gasteiger partial charge >= 0.3 is 0 Å². The van der Waals surface area contributed by atoms with Gasteiger partial charge in [0.2, 0.25) is 11.8 Å². The van der Waals surface area contributed by atoms with E-state index in [0.29, 0.717) is 25.4 Å². The molecule has 0 saturated heterocycles. The molecule has 0 spiro atoms. The van der Waals surface area contributed by atoms with E-state index < -0.39 is 0 Å². The van der Waals surface area contributed by atoms with E-state index in [1.807, 2.05) is 0 Å². The summed E-state index contributed by atoms with van der Waals surface area (Å²) in [4.78, 5) is 22.0. The summed E-state index contributed by atoms with van der Waals surface area (Å²) in [7, 11) is 0. The lowest BCUT2D eigenvalue weighted by atomic mass is 10.0. The molecule has 1 saturated carbocycles. The minimum atomic E-state index is -0.0555. The van der Waals surface area contributed by atoms with E-state index in [1.54, 1.807) is 0 Å². The summed E-state index contributed by atoms with van der Waals surface area (Å²) >= 11 is 0. The van der Waals surface area contributed by atoms with Gasteiger partial charge < -0.3 is 10.6 Å². The highest BCUT2D eigenvalue weighted by Crippen LogP contribution is 2.27. The highest BCUT2D eigenvalue weighted by atomic mass is 16.2. The van der Waals surface area contributed by atoms with Crippen LogP contribution in [0.1, 0.15) is 39.0 Å². The van der Waals surface area contributed by atoms with Crippen LogP contribution in [0.3, 0.4) is 0 Å². The van der Waals surface area contributed by atoms with Gasteiger partial charge in [-0.25, -0.2) is 0 Å². The zero-order chi connectivity index (χ0) is 11.1. The Kier molecular flexibility index (Phi) is 5.15. The molecule has 0 radical (unpaired) electrons. The molecular weight excluding hydrogens is 192 g/mol. The summed E-state index contributed by atoms with van der Waals surface area (Å²) in [5.74, 6) is 0.651. The minimum Gasteiger partial charge on any atom is -0.355 e. The van der Waals surface area contributed by atoms with E-state index in [9.17, 15) is 9.59 Å². The van der Waals surface area contributed by atoms with Crippen molar-refractivity contribution in [1.29, 1.82) is 0 Å². The SMILES string of the molecule is CC(=O)NCCNC(=O)CC1CCCC1. The van der Waals surface area contributed by atoms with Crippen LogP contribution in [-0.4, -0.2) is 24.9 Å². The van der Waals surface area contributed by atoms with Crippen molar-refractivity contribution in [2.24, 2.45) is 5.92 Å². The summed E-state index contributed by atoms with van der Waals surface area (Å²) in [6.07, 6.45) is 5.58. The van der Waals surface area contributed by atoms with Gasteiger partial charge in [0.05, 0.1) is 0 Å². The van der Waals surface area contributed by atoms with Crippen LogP contribution in [0.2, 0.25) is 0 Å². The fourth-order valence-corrected chi connectivity index (χ4v) is 1.99. The van der Waals surface area contributed by atoms with Gasteiger partial charge in [-0.15, -0.1) is 0 Å². The van der Waals surface area contributed by atoms with Crippen molar-refractivity contribution < 1.29 is 9.59 Å². The molecule has 2 N–H and O–H groups in total. The number of nitrogens with one attached hydrogen (secondary N) is 2. The Bertz CT molecular complexity index is 223. The molecule has 0 atom stereocenters. The van der Waals surface area contributed by atoms with E-state index in [1.165, 1.54) is 32.6 Å². The molecule has 1 aliphatic rings. The van der Waals surface area contributed by atoms with Crippen molar-refractivity contribution in [3.05, 3.63) is 0 Å². The molecule has 2 amide bonds. The fourth-order valence-electron chi connectivity index (χ4n) is 1.99. The molecule has 86 valence electrons. The molecule has 0 aromatic rings. The van der Waals surface area contributed by atoms with Crippen molar-refractivity contribution >= 4 is 11.8 Å². The second-order valence-corrected chi connectivity index (χ2v) is 4.19. The standard InChI is InChI=1S/C11H20N2O2/c1-9(14)12-6-7-13-11(15)8-10-4-2-3-5-10/h10H,2-8H2,1H3,(H,12,14)(H,13,15). The maximum absolute atomic E-state index is 11.4. The minimum absolute atomic E-state index is 0.0555. The smallest absolute Gasteiger partial charge is 0.220 e. The lowest BCUT2D eigenvalue weighted by Crippen LogP contribution is -2.34. The maximum atomic E-state index is 11.4. The molecule has 1 fully saturated rings. The maximum Gasteiger partial charge on any atom is 0.220 e. The third-order valence-electron chi connectivity index (χ3n) is 2.77. The largest absolute Gasteiger partial charge is 0.355 e. The Hall–Kier alpha value is -1.06. The highest BCUT2D eigenvalue weighted by molar-refractivity contribution is 5.76. The zero-order valence-electron chi connectivity index (χ0n) is 9.34. The van der Waals surface area contributed by atoms with Gasteiger partial charge in [-0.05, 0) is 18.8 Å². The normalized spacial score (nSPS) is 16.3. The Morgan fingerprint density at radius 3 is 2.33 bits per heavy atom. The van der Waals surface area contributed by atoms with E-state index in [4.69, 9.17) is 0 Å². The second-order valence-electron chi connectivity index (χ2n) is 4.19. The highest BCUT2D eigenvalue weighted by Gasteiger charge is 2.17. The topological polar surface area (TPSA) is 58.2 Å². The first kappa shape index (κ1) is 12.0. The third-order valence-corrected chi connectivity index (χ3v) is 2.77. The molecule has 4 nitrogen and oxygen atoms in total. The van der Waals surface area contributed by atoms with Crippen LogP contribution in [-0.2, 0) is 9.59 Å². The van der Waals surface area contributed by atoms with Crippen molar-refractivity contribution in [2.45, 2.75) is 39.0 Å². The molecule has 4 heteroatoms. The number of hydrogen-bond acceptors (Lipinski definition) is 2. The molecule has 0 heterocycles. The first-order chi connectivity index (χ1) is 7.18. The van der Waals surface area contributed by atoms with Crippen molar-refractivity contribution in [2.75, 3.05) is 13.1 Å². The van der Waals surface area contributed by atoms with Crippen LogP contribution in [0.5, 0.6) is 0 Å². The third kappa shape index (κ3) is 5.40. The van der Waals surface area contributed by atoms with Crippen LogP contribution in [0, 0.1) is 5.92 Å². The summed E-state index contributed by atoms with van der Waals surface area (Å²) in [5.41, 5.74) is 0. The van der Waals surface area contributed by atoms with Crippen molar-refractivity contribution in [3.8, 4) is 0 Å². The summed E-state index contributed by atoms with van der Waals surface area (Å²) in [5, 5.41) is 5.45. The molecule has 15 heavy (non-hydrogen) atoms. The van der Waals surface area contributed by atoms with Crippen molar-refractivity contribution in [3.63, 3.8) is 0 Å². The molecule has 0 bridgehead atoms. The predicted molar refractivity (Wildman–Crippen MR) is 58.3 cm³/mol. The second kappa shape index (κ2) is 6.43. The number of carbonyl (C=O) groups is 2. The first-order valence-electron chi connectivity index (χ1n) is 5.69. The van der Waals surface area contributed by atoms with Crippen LogP contribution < -0.4 is 10.6 Å². The monoisotopic (exact) mass is 212 g/mol. The summed E-state index contributed by atoms with van der Waals surface area (Å²) in [6, 6.07) is 0. The van der Waals surface area contributed by atoms with Gasteiger partial charge in [-0.2, -0.15) is 0 Å². The quantitative estimate of drug-likeness (QED) is 0.663. The van der Waals surface area contributed by atoms with E-state index >= 15 is 0 Å². The molecular formula is C11H20N2O2. The molecule has 0 unspecified atom stereocenters. The average molecular weight is 212 g/mol. The van der Waals surface area contributed by atoms with Crippen LogP contribution in [0.4, 0.5) is 0 Å². The summed E-state index contributed by atoms with van der Waals surface area (Å²) in [6.45, 7) is 2.53. The van der Waals surface area contributed by atoms with Crippen LogP contribution in [0.25, 0.3) is 0 Å². The number of hydrogen-bond donors (Lipinski definition) is 2. The Labute approximate surface area is 90.8 Å². The predicted octanol–water partition coefficient (Wildman–Crippen LogP) is 0.819. The molecule has 0 aliphatic heterocycles. The Morgan fingerprint density at radius 2 is 1.73 bits per heavy atom. The number of carbonyl (C=O) groups excluding carboxylic acids is 2. The number of rotatable bonds is 5. The van der Waals surface area contributed by atoms with Gasteiger partial charge in [-0.1, -0.05) is 12.8 Å². The lowest BCUT2D eigenvalue weighted by molar-refractivity contribution is -0.122. The molecule has 1 rings (SSSR count). The summed E-state index contributed by atoms with van der Waals surface area (Å²) < 4.78 is 0. The lowest BCUT2D eigenvalue weighted by Gasteiger charge is -2.09. The van der Waals surface area contributed by atoms with Crippen molar-refractivity contribution in [1.82, 2.24) is 10.6 Å². The van der Waals surface area contributed by atoms with E-state index in [-0.39, 0.29) is 11.8 Å². The molecule has 1 aliphatic carbocycles. The van der Waals surface area contributed by atoms with Gasteiger partial charge in [0.1, 0.15) is 0 Å². The van der Waals surface area contributed by atoms with Gasteiger partial charge in [0, 0.05) is 26.4 Å².